The molecule has 3 N–H and O–H groups in total. The van der Waals surface area contributed by atoms with Crippen LogP contribution in [0.15, 0.2) is 60.8 Å². The van der Waals surface area contributed by atoms with Crippen LogP contribution >= 0.6 is 7.82 Å². The molecule has 0 fully saturated rings. The summed E-state index contributed by atoms with van der Waals surface area (Å²) in [5.41, 5.74) is 5.39. The van der Waals surface area contributed by atoms with Gasteiger partial charge in [0.1, 0.15) is 6.61 Å². The zero-order valence-corrected chi connectivity index (χ0v) is 51.3. The van der Waals surface area contributed by atoms with Crippen LogP contribution in [0, 0.1) is 0 Å². The number of unbranched alkanes of at least 4 members (excludes halogenated alkanes) is 39. The van der Waals surface area contributed by atoms with E-state index in [0.29, 0.717) is 6.42 Å². The minimum atomic E-state index is -4.39. The van der Waals surface area contributed by atoms with Crippen molar-refractivity contribution in [3.05, 3.63) is 60.8 Å². The number of nitrogens with two attached hydrogens (primary N) is 1. The SMILES string of the molecule is CC/C=C\C/C=C\C/C=C\C/C=C\CCCCCCCCCCCCC(=O)OC(COC(=O)CCCCCCCCCCCCCCCCCCCCCCC/C=C\CCCCCCCCCC)COP(=O)(O)OCCN. The van der Waals surface area contributed by atoms with E-state index in [2.05, 4.69) is 74.6 Å². The maximum Gasteiger partial charge on any atom is 0.472 e. The number of hydrogen-bond acceptors (Lipinski definition) is 8. The quantitative estimate of drug-likeness (QED) is 0.0264. The van der Waals surface area contributed by atoms with Gasteiger partial charge in [-0.2, -0.15) is 0 Å². The van der Waals surface area contributed by atoms with E-state index in [1.807, 2.05) is 0 Å². The number of ether oxygens (including phenoxy) is 2. The van der Waals surface area contributed by atoms with Crippen molar-refractivity contribution in [3.63, 3.8) is 0 Å². The molecule has 9 nitrogen and oxygen atoms in total. The second-order valence-electron chi connectivity index (χ2n) is 22.0. The van der Waals surface area contributed by atoms with E-state index in [9.17, 15) is 19.0 Å². The Morgan fingerprint density at radius 3 is 1.08 bits per heavy atom. The predicted octanol–water partition coefficient (Wildman–Crippen LogP) is 21.1. The highest BCUT2D eigenvalue weighted by Gasteiger charge is 2.26. The van der Waals surface area contributed by atoms with Gasteiger partial charge in [0.15, 0.2) is 6.10 Å². The Morgan fingerprint density at radius 1 is 0.403 bits per heavy atom. The van der Waals surface area contributed by atoms with Crippen molar-refractivity contribution >= 4 is 19.8 Å². The van der Waals surface area contributed by atoms with Crippen molar-refractivity contribution in [1.82, 2.24) is 0 Å². The number of rotatable bonds is 62. The van der Waals surface area contributed by atoms with Gasteiger partial charge in [0.05, 0.1) is 13.2 Å². The van der Waals surface area contributed by atoms with Gasteiger partial charge in [-0.15, -0.1) is 0 Å². The maximum atomic E-state index is 12.7. The van der Waals surface area contributed by atoms with Crippen LogP contribution in [0.1, 0.15) is 322 Å². The number of esters is 2. The number of phosphoric acid groups is 1. The minimum Gasteiger partial charge on any atom is -0.462 e. The summed E-state index contributed by atoms with van der Waals surface area (Å²) in [5, 5.41) is 0. The molecule has 450 valence electrons. The van der Waals surface area contributed by atoms with Crippen molar-refractivity contribution in [1.29, 1.82) is 0 Å². The Morgan fingerprint density at radius 2 is 0.714 bits per heavy atom. The zero-order chi connectivity index (χ0) is 55.9. The maximum absolute atomic E-state index is 12.7. The number of allylic oxidation sites excluding steroid dienone is 10. The Balaban J connectivity index is 3.85. The normalized spacial score (nSPS) is 13.4. The molecule has 0 aliphatic carbocycles. The summed E-state index contributed by atoms with van der Waals surface area (Å²) >= 11 is 0. The van der Waals surface area contributed by atoms with Gasteiger partial charge in [-0.25, -0.2) is 4.57 Å². The summed E-state index contributed by atoms with van der Waals surface area (Å²) in [6, 6.07) is 0. The molecule has 0 spiro atoms. The molecule has 0 aromatic heterocycles. The van der Waals surface area contributed by atoms with Crippen LogP contribution in [0.4, 0.5) is 0 Å². The molecule has 0 aromatic rings. The lowest BCUT2D eigenvalue weighted by Gasteiger charge is -2.19. The standard InChI is InChI=1S/C67H124NO8P/c1-3-5-7-9-11-13-15-17-19-21-23-25-27-28-29-30-31-32-33-34-35-36-38-39-41-43-45-47-49-51-53-55-57-59-66(69)73-63-65(64-75-77(71,72)74-62-61-68)76-67(70)60-58-56-54-52-50-48-46-44-42-40-37-26-24-22-20-18-16-14-12-10-8-6-4-2/h6,8,12,14,18,20-21,23-24,26,65H,3-5,7,9-11,13,15-17,19,22,25,27-64,68H2,1-2H3,(H,71,72)/b8-6-,14-12-,20-18-,23-21-,26-24-. The Bertz CT molecular complexity index is 1440. The van der Waals surface area contributed by atoms with Crippen molar-refractivity contribution in [2.75, 3.05) is 26.4 Å². The van der Waals surface area contributed by atoms with E-state index in [0.717, 1.165) is 70.6 Å². The molecule has 0 bridgehead atoms. The van der Waals surface area contributed by atoms with Gasteiger partial charge in [-0.1, -0.05) is 293 Å². The highest BCUT2D eigenvalue weighted by Crippen LogP contribution is 2.43. The van der Waals surface area contributed by atoms with E-state index in [1.165, 1.54) is 218 Å². The van der Waals surface area contributed by atoms with Gasteiger partial charge in [-0.05, 0) is 77.0 Å². The van der Waals surface area contributed by atoms with Crippen molar-refractivity contribution in [3.8, 4) is 0 Å². The van der Waals surface area contributed by atoms with Crippen LogP contribution in [0.5, 0.6) is 0 Å². The second-order valence-corrected chi connectivity index (χ2v) is 23.4. The number of hydrogen-bond donors (Lipinski definition) is 2. The van der Waals surface area contributed by atoms with Gasteiger partial charge in [0.2, 0.25) is 0 Å². The third kappa shape index (κ3) is 62.8. The van der Waals surface area contributed by atoms with E-state index in [1.54, 1.807) is 0 Å². The van der Waals surface area contributed by atoms with E-state index in [-0.39, 0.29) is 38.6 Å². The summed E-state index contributed by atoms with van der Waals surface area (Å²) in [6.07, 6.45) is 80.2. The van der Waals surface area contributed by atoms with Crippen LogP contribution in [0.2, 0.25) is 0 Å². The van der Waals surface area contributed by atoms with Crippen molar-refractivity contribution in [2.45, 2.75) is 328 Å². The summed E-state index contributed by atoms with van der Waals surface area (Å²) in [6.45, 7) is 3.67. The lowest BCUT2D eigenvalue weighted by molar-refractivity contribution is -0.161. The molecule has 77 heavy (non-hydrogen) atoms. The van der Waals surface area contributed by atoms with Crippen LogP contribution in [-0.2, 0) is 32.7 Å². The molecule has 0 saturated carbocycles. The van der Waals surface area contributed by atoms with Gasteiger partial charge >= 0.3 is 19.8 Å². The average molecular weight is 1100 g/mol. The fourth-order valence-corrected chi connectivity index (χ4v) is 10.3. The first-order valence-electron chi connectivity index (χ1n) is 32.8. The average Bonchev–Trinajstić information content (AvgIpc) is 3.42. The summed E-state index contributed by atoms with van der Waals surface area (Å²) in [4.78, 5) is 35.3. The first-order valence-corrected chi connectivity index (χ1v) is 34.3. The predicted molar refractivity (Wildman–Crippen MR) is 330 cm³/mol. The highest BCUT2D eigenvalue weighted by molar-refractivity contribution is 7.47. The number of phosphoric ester groups is 1. The third-order valence-corrected chi connectivity index (χ3v) is 15.4. The van der Waals surface area contributed by atoms with Crippen LogP contribution in [0.25, 0.3) is 0 Å². The highest BCUT2D eigenvalue weighted by atomic mass is 31.2. The lowest BCUT2D eigenvalue weighted by Crippen LogP contribution is -2.29. The van der Waals surface area contributed by atoms with E-state index < -0.39 is 26.5 Å². The van der Waals surface area contributed by atoms with E-state index in [4.69, 9.17) is 24.3 Å². The molecule has 0 heterocycles. The minimum absolute atomic E-state index is 0.0522. The third-order valence-electron chi connectivity index (χ3n) is 14.4. The first-order chi connectivity index (χ1) is 37.8. The number of carbonyl (C=O) groups is 2. The van der Waals surface area contributed by atoms with Crippen LogP contribution in [-0.4, -0.2) is 49.3 Å². The largest absolute Gasteiger partial charge is 0.472 e. The summed E-state index contributed by atoms with van der Waals surface area (Å²) in [5.74, 6) is -0.820. The smallest absolute Gasteiger partial charge is 0.462 e. The van der Waals surface area contributed by atoms with Crippen molar-refractivity contribution < 1.29 is 37.6 Å². The first kappa shape index (κ1) is 74.7. The second kappa shape index (κ2) is 62.9. The molecule has 0 saturated heterocycles. The van der Waals surface area contributed by atoms with Gasteiger partial charge < -0.3 is 20.1 Å². The molecule has 10 heteroatoms. The molecule has 0 amide bonds. The Kier molecular flexibility index (Phi) is 61.0. The van der Waals surface area contributed by atoms with Gasteiger partial charge in [-0.3, -0.25) is 18.6 Å². The Hall–Kier alpha value is -2.29. The fourth-order valence-electron chi connectivity index (χ4n) is 9.57. The zero-order valence-electron chi connectivity index (χ0n) is 50.4. The molecule has 0 rings (SSSR count). The molecule has 0 aliphatic heterocycles. The number of carbonyl (C=O) groups excluding carboxylic acids is 2. The summed E-state index contributed by atoms with van der Waals surface area (Å²) < 4.78 is 33.1. The fraction of sp³-hybridized carbons (Fsp3) is 0.821. The van der Waals surface area contributed by atoms with E-state index >= 15 is 0 Å². The molecule has 0 aromatic carbocycles. The van der Waals surface area contributed by atoms with Crippen LogP contribution in [0.3, 0.4) is 0 Å². The van der Waals surface area contributed by atoms with Gasteiger partial charge in [0, 0.05) is 19.4 Å². The molecule has 0 aliphatic rings. The molecule has 0 radical (unpaired) electrons. The van der Waals surface area contributed by atoms with Gasteiger partial charge in [0.25, 0.3) is 0 Å². The topological polar surface area (TPSA) is 134 Å². The lowest BCUT2D eigenvalue weighted by atomic mass is 10.0. The summed E-state index contributed by atoms with van der Waals surface area (Å²) in [7, 11) is -4.39. The van der Waals surface area contributed by atoms with Crippen LogP contribution < -0.4 is 5.73 Å². The molecule has 2 unspecified atom stereocenters. The monoisotopic (exact) mass is 1100 g/mol. The molecule has 2 atom stereocenters. The Labute approximate surface area is 476 Å². The van der Waals surface area contributed by atoms with Crippen molar-refractivity contribution in [2.24, 2.45) is 5.73 Å². The molecular formula is C67H124NO8P. The molecular weight excluding hydrogens is 978 g/mol.